The predicted molar refractivity (Wildman–Crippen MR) is 55.9 cm³/mol. The summed E-state index contributed by atoms with van der Waals surface area (Å²) in [6.07, 6.45) is 6.37. The normalized spacial score (nSPS) is 26.9. The minimum atomic E-state index is 0.0434. The van der Waals surface area contributed by atoms with Crippen LogP contribution in [0.1, 0.15) is 25.7 Å². The van der Waals surface area contributed by atoms with Crippen molar-refractivity contribution in [1.82, 2.24) is 10.2 Å². The van der Waals surface area contributed by atoms with Crippen LogP contribution >= 0.6 is 0 Å². The van der Waals surface area contributed by atoms with Gasteiger partial charge in [0.15, 0.2) is 0 Å². The summed E-state index contributed by atoms with van der Waals surface area (Å²) in [6.45, 7) is 2.53. The summed E-state index contributed by atoms with van der Waals surface area (Å²) in [5, 5.41) is 3.39. The third kappa shape index (κ3) is 1.98. The Kier molecular flexibility index (Phi) is 2.88. The fraction of sp³-hybridized carbons (Fsp3) is 0.818. The Balaban J connectivity index is 1.88. The maximum Gasteiger partial charge on any atom is 0.110 e. The van der Waals surface area contributed by atoms with Crippen molar-refractivity contribution in [2.24, 2.45) is 0 Å². The lowest BCUT2D eigenvalue weighted by molar-refractivity contribution is 0.116. The van der Waals surface area contributed by atoms with Gasteiger partial charge in [0, 0.05) is 25.2 Å². The monoisotopic (exact) mass is 198 g/mol. The molecule has 0 aromatic carbocycles. The molecule has 80 valence electrons. The molecule has 14 heavy (non-hydrogen) atoms. The number of rotatable bonds is 3. The molecule has 3 heteroatoms. The molecule has 0 atom stereocenters. The van der Waals surface area contributed by atoms with Crippen LogP contribution < -0.4 is 5.32 Å². The van der Waals surface area contributed by atoms with Crippen molar-refractivity contribution in [3.05, 3.63) is 11.9 Å². The van der Waals surface area contributed by atoms with Crippen LogP contribution in [0.15, 0.2) is 11.9 Å². The van der Waals surface area contributed by atoms with Gasteiger partial charge in [0.1, 0.15) is 5.83 Å². The molecule has 0 bridgehead atoms. The highest BCUT2D eigenvalue weighted by atomic mass is 19.1. The summed E-state index contributed by atoms with van der Waals surface area (Å²) >= 11 is 0. The van der Waals surface area contributed by atoms with E-state index in [2.05, 4.69) is 10.2 Å². The van der Waals surface area contributed by atoms with Gasteiger partial charge >= 0.3 is 0 Å². The van der Waals surface area contributed by atoms with E-state index in [1.165, 1.54) is 19.3 Å². The van der Waals surface area contributed by atoms with Crippen LogP contribution in [-0.2, 0) is 0 Å². The van der Waals surface area contributed by atoms with Gasteiger partial charge in [-0.3, -0.25) is 4.90 Å². The van der Waals surface area contributed by atoms with Gasteiger partial charge in [-0.25, -0.2) is 4.39 Å². The molecule has 2 aliphatic rings. The fourth-order valence-corrected chi connectivity index (χ4v) is 2.41. The molecule has 1 N–H and O–H groups in total. The van der Waals surface area contributed by atoms with Crippen LogP contribution in [0.2, 0.25) is 0 Å². The predicted octanol–water partition coefficient (Wildman–Crippen LogP) is 1.69. The molecular weight excluding hydrogens is 179 g/mol. The second kappa shape index (κ2) is 3.99. The average molecular weight is 198 g/mol. The standard InChI is InChI=1S/C11H19FN2/c1-13-11(5-3-6-11)9-14-7-2-4-10(12)8-14/h4,13H,2-3,5-9H2,1H3. The Morgan fingerprint density at radius 2 is 2.36 bits per heavy atom. The number of likely N-dealkylation sites (N-methyl/N-ethyl adjacent to an activating group) is 1. The Labute approximate surface area is 85.2 Å². The number of nitrogens with zero attached hydrogens (tertiary/aromatic N) is 1. The van der Waals surface area contributed by atoms with E-state index in [1.807, 2.05) is 7.05 Å². The van der Waals surface area contributed by atoms with E-state index in [-0.39, 0.29) is 11.4 Å². The minimum Gasteiger partial charge on any atom is -0.313 e. The highest BCUT2D eigenvalue weighted by Crippen LogP contribution is 2.32. The molecule has 0 amide bonds. The van der Waals surface area contributed by atoms with E-state index in [1.54, 1.807) is 6.08 Å². The first-order valence-corrected chi connectivity index (χ1v) is 5.50. The average Bonchev–Trinajstić information content (AvgIpc) is 2.11. The zero-order valence-corrected chi connectivity index (χ0v) is 8.85. The first-order chi connectivity index (χ1) is 6.74. The molecule has 0 saturated heterocycles. The van der Waals surface area contributed by atoms with Crippen molar-refractivity contribution in [3.63, 3.8) is 0 Å². The Hall–Kier alpha value is -0.410. The lowest BCUT2D eigenvalue weighted by Crippen LogP contribution is -2.57. The highest BCUT2D eigenvalue weighted by Gasteiger charge is 2.37. The van der Waals surface area contributed by atoms with Crippen LogP contribution in [0.4, 0.5) is 4.39 Å². The van der Waals surface area contributed by atoms with Gasteiger partial charge in [-0.2, -0.15) is 0 Å². The van der Waals surface area contributed by atoms with Crippen LogP contribution in [0, 0.1) is 0 Å². The third-order valence-corrected chi connectivity index (χ3v) is 3.55. The van der Waals surface area contributed by atoms with Crippen LogP contribution in [0.5, 0.6) is 0 Å². The first kappa shape index (κ1) is 10.1. The highest BCUT2D eigenvalue weighted by molar-refractivity contribution is 5.03. The Bertz CT molecular complexity index is 228. The summed E-state index contributed by atoms with van der Waals surface area (Å²) in [4.78, 5) is 2.23. The smallest absolute Gasteiger partial charge is 0.110 e. The van der Waals surface area contributed by atoms with E-state index < -0.39 is 0 Å². The maximum absolute atomic E-state index is 13.0. The topological polar surface area (TPSA) is 15.3 Å². The van der Waals surface area contributed by atoms with E-state index in [9.17, 15) is 4.39 Å². The molecular formula is C11H19FN2. The lowest BCUT2D eigenvalue weighted by Gasteiger charge is -2.45. The number of halogens is 1. The number of hydrogen-bond acceptors (Lipinski definition) is 2. The van der Waals surface area contributed by atoms with Crippen molar-refractivity contribution in [2.45, 2.75) is 31.2 Å². The summed E-state index contributed by atoms with van der Waals surface area (Å²) in [5.74, 6) is 0.0434. The molecule has 0 aromatic rings. The molecule has 1 aliphatic carbocycles. The summed E-state index contributed by atoms with van der Waals surface area (Å²) < 4.78 is 13.0. The van der Waals surface area contributed by atoms with Gasteiger partial charge in [0.25, 0.3) is 0 Å². The molecule has 0 unspecified atom stereocenters. The minimum absolute atomic E-state index is 0.0434. The van der Waals surface area contributed by atoms with Crippen LogP contribution in [0.25, 0.3) is 0 Å². The molecule has 2 rings (SSSR count). The van der Waals surface area contributed by atoms with E-state index >= 15 is 0 Å². The van der Waals surface area contributed by atoms with Crippen molar-refractivity contribution >= 4 is 0 Å². The molecule has 2 nitrogen and oxygen atoms in total. The second-order valence-electron chi connectivity index (χ2n) is 4.53. The maximum atomic E-state index is 13.0. The van der Waals surface area contributed by atoms with Gasteiger partial charge < -0.3 is 5.32 Å². The molecule has 0 spiro atoms. The van der Waals surface area contributed by atoms with Gasteiger partial charge in [0.05, 0.1) is 0 Å². The van der Waals surface area contributed by atoms with E-state index in [0.29, 0.717) is 6.54 Å². The van der Waals surface area contributed by atoms with Crippen LogP contribution in [0.3, 0.4) is 0 Å². The quantitative estimate of drug-likeness (QED) is 0.742. The Morgan fingerprint density at radius 3 is 2.86 bits per heavy atom. The first-order valence-electron chi connectivity index (χ1n) is 5.50. The van der Waals surface area contributed by atoms with Crippen LogP contribution in [-0.4, -0.2) is 37.1 Å². The van der Waals surface area contributed by atoms with Gasteiger partial charge in [-0.15, -0.1) is 0 Å². The van der Waals surface area contributed by atoms with E-state index in [4.69, 9.17) is 0 Å². The summed E-state index contributed by atoms with van der Waals surface area (Å²) in [5.41, 5.74) is 0.289. The second-order valence-corrected chi connectivity index (χ2v) is 4.53. The molecule has 1 heterocycles. The van der Waals surface area contributed by atoms with Crippen molar-refractivity contribution in [2.75, 3.05) is 26.7 Å². The van der Waals surface area contributed by atoms with Gasteiger partial charge in [0.2, 0.25) is 0 Å². The lowest BCUT2D eigenvalue weighted by atomic mass is 9.76. The van der Waals surface area contributed by atoms with Crippen molar-refractivity contribution < 1.29 is 4.39 Å². The van der Waals surface area contributed by atoms with E-state index in [0.717, 1.165) is 19.5 Å². The van der Waals surface area contributed by atoms with Crippen molar-refractivity contribution in [1.29, 1.82) is 0 Å². The third-order valence-electron chi connectivity index (χ3n) is 3.55. The molecule has 1 fully saturated rings. The Morgan fingerprint density at radius 1 is 1.57 bits per heavy atom. The molecule has 1 saturated carbocycles. The van der Waals surface area contributed by atoms with Gasteiger partial charge in [-0.1, -0.05) is 6.08 Å². The fourth-order valence-electron chi connectivity index (χ4n) is 2.41. The van der Waals surface area contributed by atoms with Crippen molar-refractivity contribution in [3.8, 4) is 0 Å². The summed E-state index contributed by atoms with van der Waals surface area (Å²) in [6, 6.07) is 0. The molecule has 1 aliphatic heterocycles. The largest absolute Gasteiger partial charge is 0.313 e. The zero-order valence-electron chi connectivity index (χ0n) is 8.85. The zero-order chi connectivity index (χ0) is 10.0. The van der Waals surface area contributed by atoms with Gasteiger partial charge in [-0.05, 0) is 32.7 Å². The number of nitrogens with one attached hydrogen (secondary N) is 1. The molecule has 0 aromatic heterocycles. The SMILES string of the molecule is CNC1(CN2CCC=C(F)C2)CCC1. The summed E-state index contributed by atoms with van der Waals surface area (Å²) in [7, 11) is 2.02. The number of hydrogen-bond donors (Lipinski definition) is 1. The molecule has 0 radical (unpaired) electrons.